The Bertz CT molecular complexity index is 394. The molecule has 0 saturated heterocycles. The molecule has 3 aliphatic rings. The molecule has 4 rings (SSSR count). The van der Waals surface area contributed by atoms with E-state index < -0.39 is 0 Å². The van der Waals surface area contributed by atoms with E-state index in [1.54, 1.807) is 0 Å². The number of aromatic nitrogens is 2. The molecule has 1 heterocycles. The zero-order valence-electron chi connectivity index (χ0n) is 9.60. The molecule has 3 heteroatoms. The third-order valence-corrected chi connectivity index (χ3v) is 4.64. The molecule has 2 bridgehead atoms. The lowest BCUT2D eigenvalue weighted by Gasteiger charge is -2.24. The number of nitrogens with zero attached hydrogens (tertiary/aromatic N) is 2. The molecule has 3 aliphatic carbocycles. The number of rotatable bonds is 3. The normalized spacial score (nSPS) is 36.9. The van der Waals surface area contributed by atoms with Gasteiger partial charge in [-0.05, 0) is 43.9 Å². The van der Waals surface area contributed by atoms with E-state index in [0.29, 0.717) is 6.04 Å². The van der Waals surface area contributed by atoms with Crippen LogP contribution in [0.2, 0.25) is 0 Å². The molecular formula is C13H19N3. The summed E-state index contributed by atoms with van der Waals surface area (Å²) in [5, 5.41) is 3.55. The van der Waals surface area contributed by atoms with Gasteiger partial charge in [-0.15, -0.1) is 0 Å². The zero-order chi connectivity index (χ0) is 10.5. The summed E-state index contributed by atoms with van der Waals surface area (Å²) < 4.78 is 2.42. The molecule has 1 aromatic heterocycles. The Balaban J connectivity index is 1.59. The maximum atomic E-state index is 4.48. The minimum atomic E-state index is 0.708. The van der Waals surface area contributed by atoms with Gasteiger partial charge in [-0.3, -0.25) is 0 Å². The van der Waals surface area contributed by atoms with Crippen molar-refractivity contribution in [2.75, 3.05) is 5.32 Å². The number of imidazole rings is 1. The molecular weight excluding hydrogens is 198 g/mol. The van der Waals surface area contributed by atoms with Crippen LogP contribution in [0.25, 0.3) is 0 Å². The van der Waals surface area contributed by atoms with Gasteiger partial charge < -0.3 is 9.88 Å². The fourth-order valence-electron chi connectivity index (χ4n) is 3.65. The van der Waals surface area contributed by atoms with Gasteiger partial charge >= 0.3 is 0 Å². The lowest BCUT2D eigenvalue weighted by molar-refractivity contribution is 0.332. The van der Waals surface area contributed by atoms with Crippen LogP contribution >= 0.6 is 0 Å². The Morgan fingerprint density at radius 1 is 1.19 bits per heavy atom. The molecule has 3 fully saturated rings. The van der Waals surface area contributed by atoms with E-state index in [9.17, 15) is 0 Å². The van der Waals surface area contributed by atoms with Gasteiger partial charge in [-0.2, -0.15) is 0 Å². The fraction of sp³-hybridized carbons (Fsp3) is 0.769. The van der Waals surface area contributed by atoms with Gasteiger partial charge in [0.05, 0.1) is 0 Å². The number of anilines is 1. The van der Waals surface area contributed by atoms with Crippen molar-refractivity contribution in [2.24, 2.45) is 11.8 Å². The van der Waals surface area contributed by atoms with Crippen LogP contribution < -0.4 is 5.32 Å². The summed E-state index contributed by atoms with van der Waals surface area (Å²) in [4.78, 5) is 4.48. The first kappa shape index (κ1) is 9.08. The number of hydrogen-bond acceptors (Lipinski definition) is 2. The van der Waals surface area contributed by atoms with Crippen molar-refractivity contribution >= 4 is 5.95 Å². The fourth-order valence-corrected chi connectivity index (χ4v) is 3.65. The predicted octanol–water partition coefficient (Wildman–Crippen LogP) is 2.82. The van der Waals surface area contributed by atoms with E-state index in [1.807, 2.05) is 6.20 Å². The van der Waals surface area contributed by atoms with Crippen LogP contribution in [0.1, 0.15) is 44.6 Å². The minimum absolute atomic E-state index is 0.708. The molecule has 3 saturated carbocycles. The van der Waals surface area contributed by atoms with Crippen molar-refractivity contribution in [3.8, 4) is 0 Å². The predicted molar refractivity (Wildman–Crippen MR) is 63.4 cm³/mol. The molecule has 0 amide bonds. The van der Waals surface area contributed by atoms with Crippen molar-refractivity contribution in [1.29, 1.82) is 0 Å². The van der Waals surface area contributed by atoms with Gasteiger partial charge in [0.15, 0.2) is 0 Å². The van der Waals surface area contributed by atoms with Crippen LogP contribution in [-0.4, -0.2) is 15.6 Å². The SMILES string of the molecule is c1cn(C2CC3CCC2C3)c(NC2CC2)n1. The van der Waals surface area contributed by atoms with E-state index in [-0.39, 0.29) is 0 Å². The van der Waals surface area contributed by atoms with Crippen molar-refractivity contribution in [3.05, 3.63) is 12.4 Å². The van der Waals surface area contributed by atoms with Crippen LogP contribution in [0.15, 0.2) is 12.4 Å². The Morgan fingerprint density at radius 2 is 2.12 bits per heavy atom. The molecule has 3 atom stereocenters. The summed E-state index contributed by atoms with van der Waals surface area (Å²) in [5.41, 5.74) is 0. The van der Waals surface area contributed by atoms with Gasteiger partial charge in [0, 0.05) is 24.5 Å². The molecule has 0 radical (unpaired) electrons. The van der Waals surface area contributed by atoms with Crippen molar-refractivity contribution in [2.45, 2.75) is 50.6 Å². The molecule has 1 N–H and O–H groups in total. The van der Waals surface area contributed by atoms with E-state index in [4.69, 9.17) is 0 Å². The number of fused-ring (bicyclic) bond motifs is 2. The molecule has 0 aromatic carbocycles. The summed E-state index contributed by atoms with van der Waals surface area (Å²) in [6.07, 6.45) is 12.5. The average molecular weight is 217 g/mol. The molecule has 3 unspecified atom stereocenters. The van der Waals surface area contributed by atoms with Crippen molar-refractivity contribution in [1.82, 2.24) is 9.55 Å². The third-order valence-electron chi connectivity index (χ3n) is 4.64. The minimum Gasteiger partial charge on any atom is -0.353 e. The summed E-state index contributed by atoms with van der Waals surface area (Å²) in [7, 11) is 0. The van der Waals surface area contributed by atoms with E-state index in [2.05, 4.69) is 21.1 Å². The Morgan fingerprint density at radius 3 is 2.81 bits per heavy atom. The second-order valence-electron chi connectivity index (χ2n) is 5.82. The highest BCUT2D eigenvalue weighted by molar-refractivity contribution is 5.31. The Kier molecular flexibility index (Phi) is 1.85. The Hall–Kier alpha value is -0.990. The van der Waals surface area contributed by atoms with Crippen LogP contribution in [0.3, 0.4) is 0 Å². The van der Waals surface area contributed by atoms with Gasteiger partial charge in [0.2, 0.25) is 5.95 Å². The maximum absolute atomic E-state index is 4.48. The smallest absolute Gasteiger partial charge is 0.203 e. The van der Waals surface area contributed by atoms with E-state index in [0.717, 1.165) is 23.8 Å². The summed E-state index contributed by atoms with van der Waals surface area (Å²) in [5.74, 6) is 3.06. The summed E-state index contributed by atoms with van der Waals surface area (Å²) in [6.45, 7) is 0. The highest BCUT2D eigenvalue weighted by atomic mass is 15.2. The first-order valence-electron chi connectivity index (χ1n) is 6.69. The van der Waals surface area contributed by atoms with Crippen LogP contribution in [-0.2, 0) is 0 Å². The molecule has 1 aromatic rings. The second-order valence-corrected chi connectivity index (χ2v) is 5.82. The summed E-state index contributed by atoms with van der Waals surface area (Å²) >= 11 is 0. The molecule has 3 nitrogen and oxygen atoms in total. The topological polar surface area (TPSA) is 29.9 Å². The second kappa shape index (κ2) is 3.25. The largest absolute Gasteiger partial charge is 0.353 e. The van der Waals surface area contributed by atoms with Gasteiger partial charge in [-0.1, -0.05) is 6.42 Å². The first-order valence-corrected chi connectivity index (χ1v) is 6.69. The summed E-state index contributed by atoms with van der Waals surface area (Å²) in [6, 6.07) is 1.45. The van der Waals surface area contributed by atoms with Crippen LogP contribution in [0, 0.1) is 11.8 Å². The quantitative estimate of drug-likeness (QED) is 0.843. The third kappa shape index (κ3) is 1.37. The van der Waals surface area contributed by atoms with Crippen molar-refractivity contribution in [3.63, 3.8) is 0 Å². The standard InChI is InChI=1S/C13H19N3/c1-2-10-7-9(1)8-12(10)16-6-5-14-13(16)15-11-3-4-11/h5-6,9-12H,1-4,7-8H2,(H,14,15). The zero-order valence-corrected chi connectivity index (χ0v) is 9.60. The first-order chi connectivity index (χ1) is 7.90. The molecule has 0 aliphatic heterocycles. The van der Waals surface area contributed by atoms with Gasteiger partial charge in [0.25, 0.3) is 0 Å². The van der Waals surface area contributed by atoms with E-state index in [1.165, 1.54) is 38.5 Å². The highest BCUT2D eigenvalue weighted by Gasteiger charge is 2.41. The van der Waals surface area contributed by atoms with Crippen LogP contribution in [0.4, 0.5) is 5.95 Å². The van der Waals surface area contributed by atoms with Crippen molar-refractivity contribution < 1.29 is 0 Å². The number of hydrogen-bond donors (Lipinski definition) is 1. The monoisotopic (exact) mass is 217 g/mol. The van der Waals surface area contributed by atoms with E-state index >= 15 is 0 Å². The highest BCUT2D eigenvalue weighted by Crippen LogP contribution is 2.51. The lowest BCUT2D eigenvalue weighted by atomic mass is 9.95. The van der Waals surface area contributed by atoms with Crippen LogP contribution in [0.5, 0.6) is 0 Å². The lowest BCUT2D eigenvalue weighted by Crippen LogP contribution is -2.18. The molecule has 86 valence electrons. The number of nitrogens with one attached hydrogen (secondary N) is 1. The van der Waals surface area contributed by atoms with Gasteiger partial charge in [-0.25, -0.2) is 4.98 Å². The average Bonchev–Trinajstić information content (AvgIpc) is 2.74. The Labute approximate surface area is 96.3 Å². The maximum Gasteiger partial charge on any atom is 0.203 e. The molecule has 0 spiro atoms. The van der Waals surface area contributed by atoms with Gasteiger partial charge in [0.1, 0.15) is 0 Å². The molecule has 16 heavy (non-hydrogen) atoms.